The summed E-state index contributed by atoms with van der Waals surface area (Å²) in [6, 6.07) is 15.2. The van der Waals surface area contributed by atoms with Crippen molar-refractivity contribution in [1.29, 1.82) is 0 Å². The molecule has 0 atom stereocenters. The van der Waals surface area contributed by atoms with Gasteiger partial charge < -0.3 is 5.32 Å². The molecule has 1 aliphatic rings. The van der Waals surface area contributed by atoms with Crippen LogP contribution in [0, 0.1) is 0 Å². The highest BCUT2D eigenvalue weighted by Crippen LogP contribution is 2.39. The van der Waals surface area contributed by atoms with Crippen LogP contribution in [0.5, 0.6) is 0 Å². The third-order valence-corrected chi connectivity index (χ3v) is 6.00. The monoisotopic (exact) mass is 432 g/mol. The largest absolute Gasteiger partial charge is 0.325 e. The predicted octanol–water partition coefficient (Wildman–Crippen LogP) is 6.98. The molecule has 3 rings (SSSR count). The van der Waals surface area contributed by atoms with Crippen molar-refractivity contribution >= 4 is 40.5 Å². The molecule has 0 spiro atoms. The first-order valence-electron chi connectivity index (χ1n) is 9.99. The number of hydrogen-bond donors (Lipinski definition) is 1. The van der Waals surface area contributed by atoms with Gasteiger partial charge in [-0.05, 0) is 95.5 Å². The van der Waals surface area contributed by atoms with Crippen molar-refractivity contribution in [1.82, 2.24) is 10.0 Å². The van der Waals surface area contributed by atoms with E-state index in [-0.39, 0.29) is 11.1 Å². The lowest BCUT2D eigenvalue weighted by Gasteiger charge is -2.56. The van der Waals surface area contributed by atoms with Crippen LogP contribution >= 0.6 is 23.2 Å². The average molecular weight is 433 g/mol. The predicted molar refractivity (Wildman–Crippen MR) is 125 cm³/mol. The molecular formula is C23H30Cl2N4. The highest BCUT2D eigenvalue weighted by atomic mass is 35.5. The van der Waals surface area contributed by atoms with E-state index in [9.17, 15) is 0 Å². The number of anilines is 1. The van der Waals surface area contributed by atoms with E-state index in [0.717, 1.165) is 30.2 Å². The van der Waals surface area contributed by atoms with Crippen molar-refractivity contribution in [2.24, 2.45) is 4.99 Å². The molecule has 6 heteroatoms. The number of guanidine groups is 1. The summed E-state index contributed by atoms with van der Waals surface area (Å²) in [6.07, 6.45) is 3.49. The molecule has 156 valence electrons. The van der Waals surface area contributed by atoms with Crippen molar-refractivity contribution in [3.8, 4) is 0 Å². The van der Waals surface area contributed by atoms with Gasteiger partial charge in [0.2, 0.25) is 5.96 Å². The molecule has 0 saturated carbocycles. The Morgan fingerprint density at radius 2 is 1.38 bits per heavy atom. The molecule has 1 aliphatic heterocycles. The van der Waals surface area contributed by atoms with Crippen LogP contribution in [0.3, 0.4) is 0 Å². The van der Waals surface area contributed by atoms with Crippen LogP contribution in [0.2, 0.25) is 10.0 Å². The van der Waals surface area contributed by atoms with Gasteiger partial charge in [-0.2, -0.15) is 0 Å². The Morgan fingerprint density at radius 3 is 1.90 bits per heavy atom. The van der Waals surface area contributed by atoms with Crippen molar-refractivity contribution < 1.29 is 0 Å². The fourth-order valence-electron chi connectivity index (χ4n) is 4.37. The first kappa shape index (κ1) is 21.9. The van der Waals surface area contributed by atoms with Gasteiger partial charge in [-0.15, -0.1) is 0 Å². The molecule has 0 bridgehead atoms. The standard InChI is InChI=1S/C23H30Cl2N4/c1-22(2)15-6-16-23(3,4)29(22)28(5)21(26-19-11-7-17(24)8-12-19)27-20-13-9-18(25)10-14-20/h7-14H,6,15-16H2,1-5H3,(H,26,27). The Labute approximate surface area is 184 Å². The lowest BCUT2D eigenvalue weighted by molar-refractivity contribution is -0.135. The molecule has 4 nitrogen and oxygen atoms in total. The molecule has 0 aliphatic carbocycles. The second kappa shape index (κ2) is 8.55. The first-order valence-corrected chi connectivity index (χ1v) is 10.7. The summed E-state index contributed by atoms with van der Waals surface area (Å²) < 4.78 is 0. The van der Waals surface area contributed by atoms with E-state index in [2.05, 4.69) is 50.1 Å². The highest BCUT2D eigenvalue weighted by Gasteiger charge is 2.44. The first-order chi connectivity index (χ1) is 13.6. The van der Waals surface area contributed by atoms with E-state index in [1.54, 1.807) is 0 Å². The summed E-state index contributed by atoms with van der Waals surface area (Å²) >= 11 is 12.1. The van der Waals surface area contributed by atoms with Crippen LogP contribution in [0.25, 0.3) is 0 Å². The molecule has 2 aromatic rings. The van der Waals surface area contributed by atoms with Gasteiger partial charge in [-0.25, -0.2) is 10.0 Å². The van der Waals surface area contributed by atoms with Gasteiger partial charge in [-0.3, -0.25) is 5.01 Å². The number of benzene rings is 2. The third-order valence-electron chi connectivity index (χ3n) is 5.49. The zero-order valence-electron chi connectivity index (χ0n) is 17.8. The highest BCUT2D eigenvalue weighted by molar-refractivity contribution is 6.30. The Kier molecular flexibility index (Phi) is 6.47. The van der Waals surface area contributed by atoms with Gasteiger partial charge in [0, 0.05) is 33.9 Å². The van der Waals surface area contributed by atoms with Crippen LogP contribution in [0.4, 0.5) is 11.4 Å². The summed E-state index contributed by atoms with van der Waals surface area (Å²) in [5.74, 6) is 0.748. The SMILES string of the molecule is CN(C(=Nc1ccc(Cl)cc1)Nc1ccc(Cl)cc1)N1C(C)(C)CCCC1(C)C. The summed E-state index contributed by atoms with van der Waals surface area (Å²) in [4.78, 5) is 4.92. The molecule has 1 fully saturated rings. The minimum atomic E-state index is 0.0128. The van der Waals surface area contributed by atoms with Crippen molar-refractivity contribution in [2.75, 3.05) is 12.4 Å². The zero-order chi connectivity index (χ0) is 21.2. The number of halogens is 2. The molecule has 1 saturated heterocycles. The van der Waals surface area contributed by atoms with E-state index < -0.39 is 0 Å². The average Bonchev–Trinajstić information content (AvgIpc) is 2.63. The maximum Gasteiger partial charge on any atom is 0.218 e. The van der Waals surface area contributed by atoms with E-state index in [1.165, 1.54) is 6.42 Å². The van der Waals surface area contributed by atoms with Crippen molar-refractivity contribution in [2.45, 2.75) is 58.0 Å². The number of nitrogens with one attached hydrogen (secondary N) is 1. The molecule has 1 N–H and O–H groups in total. The van der Waals surface area contributed by atoms with E-state index >= 15 is 0 Å². The van der Waals surface area contributed by atoms with Gasteiger partial charge in [-0.1, -0.05) is 23.2 Å². The van der Waals surface area contributed by atoms with Gasteiger partial charge >= 0.3 is 0 Å². The fraction of sp³-hybridized carbons (Fsp3) is 0.435. The summed E-state index contributed by atoms with van der Waals surface area (Å²) in [7, 11) is 2.08. The molecule has 0 aromatic heterocycles. The molecule has 29 heavy (non-hydrogen) atoms. The summed E-state index contributed by atoms with van der Waals surface area (Å²) in [5, 5.41) is 9.49. The lowest BCUT2D eigenvalue weighted by Crippen LogP contribution is -2.66. The van der Waals surface area contributed by atoms with Gasteiger partial charge in [0.1, 0.15) is 0 Å². The maximum absolute atomic E-state index is 6.06. The molecule has 1 heterocycles. The normalized spacial score (nSPS) is 19.1. The van der Waals surface area contributed by atoms with Crippen molar-refractivity contribution in [3.63, 3.8) is 0 Å². The maximum atomic E-state index is 6.06. The van der Waals surface area contributed by atoms with Crippen LogP contribution in [0.1, 0.15) is 47.0 Å². The number of rotatable bonds is 3. The van der Waals surface area contributed by atoms with Gasteiger partial charge in [0.15, 0.2) is 0 Å². The molecule has 0 unspecified atom stereocenters. The van der Waals surface area contributed by atoms with E-state index in [1.807, 2.05) is 48.5 Å². The number of nitrogens with zero attached hydrogens (tertiary/aromatic N) is 3. The van der Waals surface area contributed by atoms with Crippen LogP contribution in [-0.2, 0) is 0 Å². The molecule has 0 amide bonds. The number of aliphatic imine (C=N–C) groups is 1. The Hall–Kier alpha value is -1.75. The Balaban J connectivity index is 2.00. The van der Waals surface area contributed by atoms with Crippen molar-refractivity contribution in [3.05, 3.63) is 58.6 Å². The quantitative estimate of drug-likeness (QED) is 0.418. The number of hydrazine groups is 1. The smallest absolute Gasteiger partial charge is 0.218 e. The number of piperidine rings is 1. The van der Waals surface area contributed by atoms with Gasteiger partial charge in [0.05, 0.1) is 5.69 Å². The topological polar surface area (TPSA) is 30.9 Å². The number of hydrogen-bond acceptors (Lipinski definition) is 2. The van der Waals surface area contributed by atoms with Crippen LogP contribution in [-0.4, -0.2) is 34.1 Å². The van der Waals surface area contributed by atoms with E-state index in [4.69, 9.17) is 28.2 Å². The third kappa shape index (κ3) is 5.25. The molecular weight excluding hydrogens is 403 g/mol. The van der Waals surface area contributed by atoms with Gasteiger partial charge in [0.25, 0.3) is 0 Å². The fourth-order valence-corrected chi connectivity index (χ4v) is 4.63. The second-order valence-electron chi connectivity index (χ2n) is 8.86. The Morgan fingerprint density at radius 1 is 0.897 bits per heavy atom. The minimum Gasteiger partial charge on any atom is -0.325 e. The summed E-state index contributed by atoms with van der Waals surface area (Å²) in [5.41, 5.74) is 1.80. The van der Waals surface area contributed by atoms with Crippen LogP contribution in [0.15, 0.2) is 53.5 Å². The Bertz CT molecular complexity index is 841. The minimum absolute atomic E-state index is 0.0128. The lowest BCUT2D eigenvalue weighted by atomic mass is 9.81. The van der Waals surface area contributed by atoms with Crippen LogP contribution < -0.4 is 5.32 Å². The zero-order valence-corrected chi connectivity index (χ0v) is 19.3. The molecule has 0 radical (unpaired) electrons. The summed E-state index contributed by atoms with van der Waals surface area (Å²) in [6.45, 7) is 9.19. The molecule has 2 aromatic carbocycles. The van der Waals surface area contributed by atoms with E-state index in [0.29, 0.717) is 10.0 Å². The second-order valence-corrected chi connectivity index (χ2v) is 9.73.